The Labute approximate surface area is 197 Å². The number of carbonyl (C=O) groups is 3. The molecule has 32 heavy (non-hydrogen) atoms. The number of rotatable bonds is 7. The molecule has 170 valence electrons. The fraction of sp³-hybridized carbons (Fsp3) is 0.348. The number of amides is 3. The second-order valence-electron chi connectivity index (χ2n) is 7.69. The number of halogens is 2. The molecule has 0 aromatic heterocycles. The van der Waals surface area contributed by atoms with E-state index in [4.69, 9.17) is 23.2 Å². The van der Waals surface area contributed by atoms with Crippen LogP contribution in [0.3, 0.4) is 0 Å². The lowest BCUT2D eigenvalue weighted by Gasteiger charge is -2.35. The van der Waals surface area contributed by atoms with Crippen molar-refractivity contribution in [1.29, 1.82) is 0 Å². The Balaban J connectivity index is 1.50. The molecule has 2 aromatic rings. The molecule has 1 aliphatic rings. The van der Waals surface area contributed by atoms with Gasteiger partial charge >= 0.3 is 0 Å². The molecule has 1 heterocycles. The summed E-state index contributed by atoms with van der Waals surface area (Å²) >= 11 is 12.0. The van der Waals surface area contributed by atoms with Crippen molar-refractivity contribution in [1.82, 2.24) is 15.1 Å². The van der Waals surface area contributed by atoms with E-state index in [0.29, 0.717) is 41.9 Å². The van der Waals surface area contributed by atoms with Crippen LogP contribution in [0.2, 0.25) is 10.0 Å². The smallest absolute Gasteiger partial charge is 0.238 e. The molecule has 1 aliphatic heterocycles. The molecule has 3 amide bonds. The summed E-state index contributed by atoms with van der Waals surface area (Å²) < 4.78 is 0. The topological polar surface area (TPSA) is 81.8 Å². The van der Waals surface area contributed by atoms with E-state index in [1.54, 1.807) is 35.2 Å². The van der Waals surface area contributed by atoms with Crippen LogP contribution in [0.25, 0.3) is 0 Å². The highest BCUT2D eigenvalue weighted by Gasteiger charge is 2.25. The van der Waals surface area contributed by atoms with Gasteiger partial charge in [0.25, 0.3) is 0 Å². The Kier molecular flexibility index (Phi) is 8.50. The number of hydrogen-bond acceptors (Lipinski definition) is 4. The van der Waals surface area contributed by atoms with Crippen LogP contribution in [0, 0.1) is 0 Å². The summed E-state index contributed by atoms with van der Waals surface area (Å²) in [6.45, 7) is 3.88. The van der Waals surface area contributed by atoms with Gasteiger partial charge in [-0.15, -0.1) is 0 Å². The van der Waals surface area contributed by atoms with E-state index in [9.17, 15) is 14.4 Å². The number of anilines is 1. The maximum atomic E-state index is 12.9. The van der Waals surface area contributed by atoms with Crippen LogP contribution >= 0.6 is 23.2 Å². The fourth-order valence-electron chi connectivity index (χ4n) is 3.61. The van der Waals surface area contributed by atoms with Crippen molar-refractivity contribution in [3.05, 3.63) is 64.1 Å². The largest absolute Gasteiger partial charge is 0.349 e. The summed E-state index contributed by atoms with van der Waals surface area (Å²) in [6.07, 6.45) is 0.161. The summed E-state index contributed by atoms with van der Waals surface area (Å²) in [5.41, 5.74) is 1.41. The summed E-state index contributed by atoms with van der Waals surface area (Å²) in [5, 5.41) is 6.74. The van der Waals surface area contributed by atoms with Gasteiger partial charge in [0.05, 0.1) is 29.7 Å². The average molecular weight is 477 g/mol. The van der Waals surface area contributed by atoms with Gasteiger partial charge in [0.1, 0.15) is 0 Å². The van der Waals surface area contributed by atoms with Crippen molar-refractivity contribution in [3.8, 4) is 0 Å². The van der Waals surface area contributed by atoms with E-state index >= 15 is 0 Å². The van der Waals surface area contributed by atoms with Crippen molar-refractivity contribution in [3.63, 3.8) is 0 Å². The van der Waals surface area contributed by atoms with Gasteiger partial charge < -0.3 is 15.5 Å². The van der Waals surface area contributed by atoms with E-state index in [0.717, 1.165) is 5.56 Å². The van der Waals surface area contributed by atoms with Crippen LogP contribution in [-0.4, -0.2) is 60.2 Å². The van der Waals surface area contributed by atoms with Crippen LogP contribution in [0.1, 0.15) is 24.9 Å². The Hall–Kier alpha value is -2.61. The molecule has 1 unspecified atom stereocenters. The highest BCUT2D eigenvalue weighted by molar-refractivity contribution is 6.33. The van der Waals surface area contributed by atoms with E-state index in [2.05, 4.69) is 10.6 Å². The van der Waals surface area contributed by atoms with Crippen molar-refractivity contribution in [2.45, 2.75) is 19.4 Å². The van der Waals surface area contributed by atoms with Crippen molar-refractivity contribution >= 4 is 46.6 Å². The molecule has 3 rings (SSSR count). The highest BCUT2D eigenvalue weighted by Crippen LogP contribution is 2.22. The first-order valence-electron chi connectivity index (χ1n) is 10.4. The first-order valence-corrected chi connectivity index (χ1v) is 11.1. The Morgan fingerprint density at radius 3 is 2.25 bits per heavy atom. The number of nitrogens with one attached hydrogen (secondary N) is 2. The van der Waals surface area contributed by atoms with Gasteiger partial charge in [-0.25, -0.2) is 0 Å². The minimum Gasteiger partial charge on any atom is -0.349 e. The fourth-order valence-corrected chi connectivity index (χ4v) is 3.92. The summed E-state index contributed by atoms with van der Waals surface area (Å²) in [4.78, 5) is 40.6. The molecule has 0 saturated carbocycles. The molecular weight excluding hydrogens is 451 g/mol. The molecule has 7 nitrogen and oxygen atoms in total. The van der Waals surface area contributed by atoms with Crippen molar-refractivity contribution in [2.24, 2.45) is 0 Å². The maximum absolute atomic E-state index is 12.9. The van der Waals surface area contributed by atoms with Crippen LogP contribution in [0.5, 0.6) is 0 Å². The number of carbonyl (C=O) groups excluding carboxylic acids is 3. The molecule has 0 bridgehead atoms. The minimum atomic E-state index is -0.420. The van der Waals surface area contributed by atoms with E-state index in [-0.39, 0.29) is 30.7 Å². The SMILES string of the molecule is CC(=O)NC(CC(=O)N1CCN(CC(=O)Nc2ccccc2Cl)CC1)c1ccc(Cl)cc1. The molecule has 0 aliphatic carbocycles. The van der Waals surface area contributed by atoms with Crippen LogP contribution in [0.4, 0.5) is 5.69 Å². The maximum Gasteiger partial charge on any atom is 0.238 e. The van der Waals surface area contributed by atoms with E-state index in [1.165, 1.54) is 6.92 Å². The summed E-state index contributed by atoms with van der Waals surface area (Å²) in [5.74, 6) is -0.391. The quantitative estimate of drug-likeness (QED) is 0.641. The van der Waals surface area contributed by atoms with Gasteiger partial charge in [0.15, 0.2) is 0 Å². The standard InChI is InChI=1S/C23H26Cl2N4O3/c1-16(30)26-21(17-6-8-18(24)9-7-17)14-23(32)29-12-10-28(11-13-29)15-22(31)27-20-5-3-2-4-19(20)25/h2-9,21H,10-15H2,1H3,(H,26,30)(H,27,31). The molecule has 1 atom stereocenters. The number of nitrogens with zero attached hydrogens (tertiary/aromatic N) is 2. The van der Waals surface area contributed by atoms with Crippen LogP contribution < -0.4 is 10.6 Å². The van der Waals surface area contributed by atoms with Crippen molar-refractivity contribution < 1.29 is 14.4 Å². The highest BCUT2D eigenvalue weighted by atomic mass is 35.5. The lowest BCUT2D eigenvalue weighted by Crippen LogP contribution is -2.51. The van der Waals surface area contributed by atoms with E-state index < -0.39 is 6.04 Å². The Bertz CT molecular complexity index is 960. The van der Waals surface area contributed by atoms with Crippen LogP contribution in [0.15, 0.2) is 48.5 Å². The van der Waals surface area contributed by atoms with Gasteiger partial charge in [-0.3, -0.25) is 19.3 Å². The molecule has 9 heteroatoms. The third kappa shape index (κ3) is 6.95. The molecule has 0 spiro atoms. The predicted octanol–water partition coefficient (Wildman–Crippen LogP) is 3.34. The zero-order valence-corrected chi connectivity index (χ0v) is 19.3. The molecular formula is C23H26Cl2N4O3. The number of hydrogen-bond donors (Lipinski definition) is 2. The predicted molar refractivity (Wildman–Crippen MR) is 126 cm³/mol. The first-order chi connectivity index (χ1) is 15.3. The molecule has 2 aromatic carbocycles. The Morgan fingerprint density at radius 2 is 1.62 bits per heavy atom. The van der Waals surface area contributed by atoms with E-state index in [1.807, 2.05) is 23.1 Å². The zero-order valence-electron chi connectivity index (χ0n) is 17.8. The lowest BCUT2D eigenvalue weighted by molar-refractivity contribution is -0.133. The average Bonchev–Trinajstić information content (AvgIpc) is 2.75. The van der Waals surface area contributed by atoms with Crippen molar-refractivity contribution in [2.75, 3.05) is 38.0 Å². The third-order valence-corrected chi connectivity index (χ3v) is 5.85. The van der Waals surface area contributed by atoms with Gasteiger partial charge in [0, 0.05) is 38.1 Å². The second-order valence-corrected chi connectivity index (χ2v) is 8.54. The molecule has 1 fully saturated rings. The monoisotopic (exact) mass is 476 g/mol. The number of benzene rings is 2. The first kappa shape index (κ1) is 24.0. The molecule has 1 saturated heterocycles. The lowest BCUT2D eigenvalue weighted by atomic mass is 10.0. The van der Waals surface area contributed by atoms with Gasteiger partial charge in [-0.1, -0.05) is 47.5 Å². The van der Waals surface area contributed by atoms with Gasteiger partial charge in [-0.05, 0) is 29.8 Å². The summed E-state index contributed by atoms with van der Waals surface area (Å²) in [7, 11) is 0. The molecule has 0 radical (unpaired) electrons. The normalized spacial score (nSPS) is 15.2. The van der Waals surface area contributed by atoms with Crippen LogP contribution in [-0.2, 0) is 14.4 Å². The molecule has 2 N–H and O–H groups in total. The zero-order chi connectivity index (χ0) is 23.1. The summed E-state index contributed by atoms with van der Waals surface area (Å²) in [6, 6.07) is 13.8. The van der Waals surface area contributed by atoms with Gasteiger partial charge in [-0.2, -0.15) is 0 Å². The second kappa shape index (κ2) is 11.3. The third-order valence-electron chi connectivity index (χ3n) is 5.27. The van der Waals surface area contributed by atoms with Gasteiger partial charge in [0.2, 0.25) is 17.7 Å². The number of para-hydroxylation sites is 1. The minimum absolute atomic E-state index is 0.0427. The Morgan fingerprint density at radius 1 is 0.969 bits per heavy atom. The number of piperazine rings is 1.